The Bertz CT molecular complexity index is 999. The number of rotatable bonds is 6. The molecule has 1 aliphatic heterocycles. The molecule has 0 spiro atoms. The number of aromatic nitrogens is 1. The van der Waals surface area contributed by atoms with Gasteiger partial charge in [0.1, 0.15) is 11.9 Å². The molecule has 5 nitrogen and oxygen atoms in total. The van der Waals surface area contributed by atoms with Crippen LogP contribution in [0.5, 0.6) is 0 Å². The highest BCUT2D eigenvalue weighted by Crippen LogP contribution is 2.59. The van der Waals surface area contributed by atoms with Crippen molar-refractivity contribution in [3.8, 4) is 16.5 Å². The predicted molar refractivity (Wildman–Crippen MR) is 109 cm³/mol. The molecule has 29 heavy (non-hydrogen) atoms. The van der Waals surface area contributed by atoms with Crippen molar-refractivity contribution in [3.05, 3.63) is 40.8 Å². The van der Waals surface area contributed by atoms with Gasteiger partial charge in [0.05, 0.1) is 22.0 Å². The summed E-state index contributed by atoms with van der Waals surface area (Å²) in [4.78, 5) is 17.9. The average molecular weight is 411 g/mol. The maximum absolute atomic E-state index is 14.7. The SMILES string of the molecule is CCc1ncc(-c2ccc(C[C@@H](C#N)NC(=O)[C@H]3N[C@H]4C[C@@H]3[C@@H]3C[C@@H]34)c(F)c2)s1. The Kier molecular flexibility index (Phi) is 4.64. The van der Waals surface area contributed by atoms with Crippen LogP contribution >= 0.6 is 11.3 Å². The third kappa shape index (κ3) is 3.34. The first-order chi connectivity index (χ1) is 14.1. The minimum atomic E-state index is -0.742. The summed E-state index contributed by atoms with van der Waals surface area (Å²) >= 11 is 1.56. The van der Waals surface area contributed by atoms with Gasteiger partial charge < -0.3 is 10.6 Å². The van der Waals surface area contributed by atoms with Crippen molar-refractivity contribution in [2.24, 2.45) is 17.8 Å². The quantitative estimate of drug-likeness (QED) is 0.767. The zero-order chi connectivity index (χ0) is 20.1. The highest BCUT2D eigenvalue weighted by Gasteiger charge is 2.62. The Labute approximate surface area is 173 Å². The second kappa shape index (κ2) is 7.19. The van der Waals surface area contributed by atoms with Crippen LogP contribution in [-0.4, -0.2) is 29.0 Å². The number of nitriles is 1. The van der Waals surface area contributed by atoms with Gasteiger partial charge in [-0.1, -0.05) is 19.1 Å². The summed E-state index contributed by atoms with van der Waals surface area (Å²) in [7, 11) is 0. The average Bonchev–Trinajstić information content (AvgIpc) is 3.09. The molecule has 1 amide bonds. The normalized spacial score (nSPS) is 29.9. The second-order valence-electron chi connectivity index (χ2n) is 8.39. The van der Waals surface area contributed by atoms with Gasteiger partial charge in [0, 0.05) is 18.7 Å². The van der Waals surface area contributed by atoms with E-state index in [1.807, 2.05) is 13.0 Å². The molecule has 3 fully saturated rings. The molecule has 7 heteroatoms. The van der Waals surface area contributed by atoms with Crippen LogP contribution in [0.2, 0.25) is 0 Å². The number of nitrogens with one attached hydrogen (secondary N) is 2. The molecular formula is C22H23FN4OS. The van der Waals surface area contributed by atoms with Gasteiger partial charge in [0.2, 0.25) is 5.91 Å². The number of piperidine rings is 1. The van der Waals surface area contributed by atoms with E-state index in [1.165, 1.54) is 12.5 Å². The summed E-state index contributed by atoms with van der Waals surface area (Å²) in [6, 6.07) is 6.69. The fraction of sp³-hybridized carbons (Fsp3) is 0.500. The van der Waals surface area contributed by atoms with Crippen molar-refractivity contribution in [2.45, 2.75) is 50.7 Å². The molecule has 2 aliphatic carbocycles. The van der Waals surface area contributed by atoms with Crippen molar-refractivity contribution in [3.63, 3.8) is 0 Å². The lowest BCUT2D eigenvalue weighted by Gasteiger charge is -2.23. The Hall–Kier alpha value is -2.30. The van der Waals surface area contributed by atoms with Crippen LogP contribution in [0.1, 0.15) is 30.3 Å². The van der Waals surface area contributed by atoms with Crippen LogP contribution in [0, 0.1) is 34.9 Å². The fourth-order valence-corrected chi connectivity index (χ4v) is 5.97. The Morgan fingerprint density at radius 3 is 2.93 bits per heavy atom. The third-order valence-electron chi connectivity index (χ3n) is 6.68. The van der Waals surface area contributed by atoms with Gasteiger partial charge in [-0.15, -0.1) is 11.3 Å². The van der Waals surface area contributed by atoms with E-state index in [2.05, 4.69) is 21.7 Å². The smallest absolute Gasteiger partial charge is 0.238 e. The van der Waals surface area contributed by atoms with E-state index in [4.69, 9.17) is 0 Å². The topological polar surface area (TPSA) is 77.8 Å². The zero-order valence-corrected chi connectivity index (χ0v) is 17.0. The minimum Gasteiger partial charge on any atom is -0.339 e. The number of amides is 1. The van der Waals surface area contributed by atoms with Gasteiger partial charge in [-0.3, -0.25) is 4.79 Å². The molecule has 1 aromatic heterocycles. The molecular weight excluding hydrogens is 387 g/mol. The number of carbonyl (C=O) groups excluding carboxylic acids is 1. The maximum atomic E-state index is 14.7. The zero-order valence-electron chi connectivity index (χ0n) is 16.2. The van der Waals surface area contributed by atoms with Crippen LogP contribution < -0.4 is 10.6 Å². The molecule has 2 aromatic rings. The molecule has 1 aromatic carbocycles. The van der Waals surface area contributed by atoms with Gasteiger partial charge in [0.15, 0.2) is 0 Å². The molecule has 0 radical (unpaired) electrons. The molecule has 0 unspecified atom stereocenters. The van der Waals surface area contributed by atoms with Crippen molar-refractivity contribution < 1.29 is 9.18 Å². The molecule has 2 heterocycles. The largest absolute Gasteiger partial charge is 0.339 e. The first-order valence-corrected chi connectivity index (χ1v) is 11.1. The Morgan fingerprint density at radius 1 is 1.41 bits per heavy atom. The summed E-state index contributed by atoms with van der Waals surface area (Å²) in [5.41, 5.74) is 1.22. The highest BCUT2D eigenvalue weighted by molar-refractivity contribution is 7.15. The molecule has 3 aliphatic rings. The lowest BCUT2D eigenvalue weighted by molar-refractivity contribution is -0.124. The molecule has 2 saturated carbocycles. The van der Waals surface area contributed by atoms with Crippen molar-refractivity contribution in [2.75, 3.05) is 0 Å². The number of nitrogens with zero attached hydrogens (tertiary/aromatic N) is 2. The number of hydrogen-bond donors (Lipinski definition) is 2. The number of hydrogen-bond acceptors (Lipinski definition) is 5. The van der Waals surface area contributed by atoms with E-state index in [0.29, 0.717) is 23.4 Å². The standard InChI is InChI=1S/C22H23FN4OS/c1-2-20-25-10-19(29-20)12-4-3-11(17(23)6-12)5-13(9-24)26-22(28)21-16-8-18(27-21)15-7-14(15)16/h3-4,6,10,13-16,18,21,27H,2,5,7-8H2,1H3,(H,26,28)/t13-,14+,15-,16+,18-,21-/m0/s1. The number of aryl methyl sites for hydroxylation is 1. The third-order valence-corrected chi connectivity index (χ3v) is 7.87. The van der Waals surface area contributed by atoms with Gasteiger partial charge in [-0.2, -0.15) is 5.26 Å². The predicted octanol–water partition coefficient (Wildman–Crippen LogP) is 3.06. The maximum Gasteiger partial charge on any atom is 0.238 e. The van der Waals surface area contributed by atoms with Gasteiger partial charge >= 0.3 is 0 Å². The van der Waals surface area contributed by atoms with E-state index in [0.717, 1.165) is 34.2 Å². The fourth-order valence-electron chi connectivity index (χ4n) is 5.12. The number of fused-ring (bicyclic) bond motifs is 5. The number of thiazole rings is 1. The summed E-state index contributed by atoms with van der Waals surface area (Å²) in [6.45, 7) is 2.04. The number of benzene rings is 1. The van der Waals surface area contributed by atoms with E-state index >= 15 is 0 Å². The van der Waals surface area contributed by atoms with E-state index in [9.17, 15) is 14.4 Å². The van der Waals surface area contributed by atoms with E-state index < -0.39 is 6.04 Å². The number of carbonyl (C=O) groups is 1. The Balaban J connectivity index is 1.25. The monoisotopic (exact) mass is 410 g/mol. The van der Waals surface area contributed by atoms with Crippen LogP contribution in [0.25, 0.3) is 10.4 Å². The summed E-state index contributed by atoms with van der Waals surface area (Å²) in [5, 5.41) is 16.8. The van der Waals surface area contributed by atoms with Crippen LogP contribution in [0.15, 0.2) is 24.4 Å². The van der Waals surface area contributed by atoms with E-state index in [-0.39, 0.29) is 24.2 Å². The lowest BCUT2D eigenvalue weighted by atomic mass is 9.96. The molecule has 1 saturated heterocycles. The number of halogens is 1. The van der Waals surface area contributed by atoms with Gasteiger partial charge in [-0.25, -0.2) is 9.37 Å². The van der Waals surface area contributed by atoms with E-state index in [1.54, 1.807) is 23.6 Å². The lowest BCUT2D eigenvalue weighted by Crippen LogP contribution is -2.51. The minimum absolute atomic E-state index is 0.122. The van der Waals surface area contributed by atoms with Crippen LogP contribution in [0.4, 0.5) is 4.39 Å². The molecule has 2 bridgehead atoms. The summed E-state index contributed by atoms with van der Waals surface area (Å²) in [5.74, 6) is 1.36. The molecule has 6 atom stereocenters. The highest BCUT2D eigenvalue weighted by atomic mass is 32.1. The second-order valence-corrected chi connectivity index (χ2v) is 9.50. The van der Waals surface area contributed by atoms with Crippen LogP contribution in [0.3, 0.4) is 0 Å². The molecule has 2 N–H and O–H groups in total. The van der Waals surface area contributed by atoms with Gasteiger partial charge in [0.25, 0.3) is 0 Å². The van der Waals surface area contributed by atoms with Crippen LogP contribution in [-0.2, 0) is 17.6 Å². The van der Waals surface area contributed by atoms with Crippen molar-refractivity contribution >= 4 is 17.2 Å². The van der Waals surface area contributed by atoms with Crippen molar-refractivity contribution in [1.82, 2.24) is 15.6 Å². The van der Waals surface area contributed by atoms with Crippen molar-refractivity contribution in [1.29, 1.82) is 5.26 Å². The molecule has 5 rings (SSSR count). The molecule has 150 valence electrons. The Morgan fingerprint density at radius 2 is 2.28 bits per heavy atom. The first kappa shape index (κ1) is 18.7. The summed E-state index contributed by atoms with van der Waals surface area (Å²) < 4.78 is 14.7. The summed E-state index contributed by atoms with van der Waals surface area (Å²) in [6.07, 6.45) is 5.07. The van der Waals surface area contributed by atoms with Gasteiger partial charge in [-0.05, 0) is 54.2 Å². The first-order valence-electron chi connectivity index (χ1n) is 10.3.